The summed E-state index contributed by atoms with van der Waals surface area (Å²) in [6.07, 6.45) is -0.203. The summed E-state index contributed by atoms with van der Waals surface area (Å²) in [5.41, 5.74) is 0. The van der Waals surface area contributed by atoms with Gasteiger partial charge in [0.2, 0.25) is 5.91 Å². The molecule has 1 heterocycles. The number of carboxylic acids is 1. The van der Waals surface area contributed by atoms with Gasteiger partial charge < -0.3 is 20.8 Å². The Morgan fingerprint density at radius 1 is 1.47 bits per heavy atom. The van der Waals surface area contributed by atoms with Crippen LogP contribution in [0.3, 0.4) is 0 Å². The SMILES string of the molecule is CC(C)C(CC(=O)O)NC(=O)C1CC(O)CN1. The molecule has 6 heteroatoms. The van der Waals surface area contributed by atoms with Gasteiger partial charge in [0, 0.05) is 12.6 Å². The second-order valence-electron chi connectivity index (χ2n) is 4.81. The minimum atomic E-state index is -0.927. The van der Waals surface area contributed by atoms with Crippen LogP contribution >= 0.6 is 0 Å². The Labute approximate surface area is 100 Å². The molecule has 0 aromatic rings. The van der Waals surface area contributed by atoms with Crippen LogP contribution in [0.5, 0.6) is 0 Å². The Hall–Kier alpha value is -1.14. The number of rotatable bonds is 5. The van der Waals surface area contributed by atoms with Crippen molar-refractivity contribution in [3.05, 3.63) is 0 Å². The lowest BCUT2D eigenvalue weighted by atomic mass is 10.0. The average molecular weight is 244 g/mol. The maximum absolute atomic E-state index is 11.8. The standard InChI is InChI=1S/C11H20N2O4/c1-6(2)8(4-10(15)16)13-11(17)9-3-7(14)5-12-9/h6-9,12,14H,3-5H2,1-2H3,(H,13,17)(H,15,16). The van der Waals surface area contributed by atoms with Crippen molar-refractivity contribution in [2.24, 2.45) is 5.92 Å². The van der Waals surface area contributed by atoms with Gasteiger partial charge in [0.1, 0.15) is 0 Å². The Morgan fingerprint density at radius 2 is 2.12 bits per heavy atom. The van der Waals surface area contributed by atoms with Gasteiger partial charge in [-0.05, 0) is 12.3 Å². The van der Waals surface area contributed by atoms with Crippen LogP contribution in [0.25, 0.3) is 0 Å². The van der Waals surface area contributed by atoms with Crippen molar-refractivity contribution in [2.45, 2.75) is 44.9 Å². The molecule has 0 aromatic carbocycles. The van der Waals surface area contributed by atoms with Gasteiger partial charge in [-0.2, -0.15) is 0 Å². The molecule has 1 fully saturated rings. The number of hydrogen-bond acceptors (Lipinski definition) is 4. The topological polar surface area (TPSA) is 98.7 Å². The molecule has 0 aliphatic carbocycles. The number of aliphatic hydroxyl groups is 1. The fourth-order valence-electron chi connectivity index (χ4n) is 1.84. The highest BCUT2D eigenvalue weighted by Crippen LogP contribution is 2.10. The minimum absolute atomic E-state index is 0.0568. The van der Waals surface area contributed by atoms with E-state index in [0.717, 1.165) is 0 Å². The van der Waals surface area contributed by atoms with Crippen LogP contribution in [0, 0.1) is 5.92 Å². The Bertz CT molecular complexity index is 293. The zero-order chi connectivity index (χ0) is 13.0. The van der Waals surface area contributed by atoms with E-state index in [1.807, 2.05) is 13.8 Å². The van der Waals surface area contributed by atoms with E-state index in [0.29, 0.717) is 13.0 Å². The lowest BCUT2D eigenvalue weighted by molar-refractivity contribution is -0.138. The van der Waals surface area contributed by atoms with E-state index in [1.54, 1.807) is 0 Å². The number of carboxylic acid groups (broad SMARTS) is 1. The first-order valence-electron chi connectivity index (χ1n) is 5.83. The van der Waals surface area contributed by atoms with Crippen molar-refractivity contribution in [2.75, 3.05) is 6.54 Å². The van der Waals surface area contributed by atoms with Crippen molar-refractivity contribution in [1.82, 2.24) is 10.6 Å². The number of β-amino-alcohol motifs (C(OH)–C–C–N with tert-alkyl or cyclic N) is 1. The van der Waals surface area contributed by atoms with Gasteiger partial charge >= 0.3 is 5.97 Å². The van der Waals surface area contributed by atoms with Crippen LogP contribution in [-0.4, -0.2) is 46.8 Å². The van der Waals surface area contributed by atoms with E-state index >= 15 is 0 Å². The van der Waals surface area contributed by atoms with Crippen molar-refractivity contribution >= 4 is 11.9 Å². The lowest BCUT2D eigenvalue weighted by Crippen LogP contribution is -2.47. The van der Waals surface area contributed by atoms with E-state index in [-0.39, 0.29) is 24.3 Å². The van der Waals surface area contributed by atoms with Crippen LogP contribution in [-0.2, 0) is 9.59 Å². The van der Waals surface area contributed by atoms with Crippen LogP contribution < -0.4 is 10.6 Å². The summed E-state index contributed by atoms with van der Waals surface area (Å²) in [5.74, 6) is -1.11. The predicted octanol–water partition coefficient (Wildman–Crippen LogP) is -0.675. The largest absolute Gasteiger partial charge is 0.481 e. The summed E-state index contributed by atoms with van der Waals surface area (Å²) in [7, 11) is 0. The third-order valence-corrected chi connectivity index (χ3v) is 2.95. The van der Waals surface area contributed by atoms with E-state index in [1.165, 1.54) is 0 Å². The number of carbonyl (C=O) groups is 2. The predicted molar refractivity (Wildman–Crippen MR) is 61.4 cm³/mol. The summed E-state index contributed by atoms with van der Waals surface area (Å²) in [6.45, 7) is 4.14. The maximum atomic E-state index is 11.8. The summed E-state index contributed by atoms with van der Waals surface area (Å²) >= 11 is 0. The van der Waals surface area contributed by atoms with Gasteiger partial charge in [0.25, 0.3) is 0 Å². The molecule has 3 atom stereocenters. The smallest absolute Gasteiger partial charge is 0.305 e. The van der Waals surface area contributed by atoms with Gasteiger partial charge in [-0.25, -0.2) is 0 Å². The molecule has 1 aliphatic heterocycles. The lowest BCUT2D eigenvalue weighted by Gasteiger charge is -2.22. The first-order chi connectivity index (χ1) is 7.90. The highest BCUT2D eigenvalue weighted by Gasteiger charge is 2.30. The number of hydrogen-bond donors (Lipinski definition) is 4. The van der Waals surface area contributed by atoms with E-state index in [2.05, 4.69) is 10.6 Å². The van der Waals surface area contributed by atoms with Crippen molar-refractivity contribution in [3.8, 4) is 0 Å². The molecule has 0 spiro atoms. The summed E-state index contributed by atoms with van der Waals surface area (Å²) in [5, 5.41) is 23.7. The average Bonchev–Trinajstić information content (AvgIpc) is 2.63. The number of carbonyl (C=O) groups excluding carboxylic acids is 1. The number of aliphatic carboxylic acids is 1. The number of nitrogens with one attached hydrogen (secondary N) is 2. The summed E-state index contributed by atoms with van der Waals surface area (Å²) < 4.78 is 0. The van der Waals surface area contributed by atoms with Gasteiger partial charge in [-0.3, -0.25) is 9.59 Å². The second-order valence-corrected chi connectivity index (χ2v) is 4.81. The Kier molecular flexibility index (Phi) is 4.89. The van der Waals surface area contributed by atoms with E-state index in [4.69, 9.17) is 5.11 Å². The molecule has 0 saturated carbocycles. The van der Waals surface area contributed by atoms with Crippen LogP contribution in [0.2, 0.25) is 0 Å². The fraction of sp³-hybridized carbons (Fsp3) is 0.818. The molecule has 4 N–H and O–H groups in total. The first kappa shape index (κ1) is 13.9. The molecule has 0 aromatic heterocycles. The van der Waals surface area contributed by atoms with Crippen molar-refractivity contribution < 1.29 is 19.8 Å². The first-order valence-corrected chi connectivity index (χ1v) is 5.83. The third-order valence-electron chi connectivity index (χ3n) is 2.95. The molecule has 0 radical (unpaired) electrons. The number of aliphatic hydroxyl groups excluding tert-OH is 1. The summed E-state index contributed by atoms with van der Waals surface area (Å²) in [6, 6.07) is -0.792. The number of amides is 1. The molecule has 1 amide bonds. The quantitative estimate of drug-likeness (QED) is 0.514. The molecule has 6 nitrogen and oxygen atoms in total. The van der Waals surface area contributed by atoms with Crippen molar-refractivity contribution in [3.63, 3.8) is 0 Å². The molecule has 1 aliphatic rings. The molecule has 98 valence electrons. The molecule has 1 rings (SSSR count). The van der Waals surface area contributed by atoms with Crippen LogP contribution in [0.4, 0.5) is 0 Å². The normalized spacial score (nSPS) is 25.9. The van der Waals surface area contributed by atoms with E-state index < -0.39 is 18.1 Å². The molecule has 3 unspecified atom stereocenters. The van der Waals surface area contributed by atoms with Crippen molar-refractivity contribution in [1.29, 1.82) is 0 Å². The van der Waals surface area contributed by atoms with Gasteiger partial charge in [0.05, 0.1) is 18.6 Å². The monoisotopic (exact) mass is 244 g/mol. The van der Waals surface area contributed by atoms with Crippen LogP contribution in [0.1, 0.15) is 26.7 Å². The highest BCUT2D eigenvalue weighted by atomic mass is 16.4. The van der Waals surface area contributed by atoms with Gasteiger partial charge in [-0.15, -0.1) is 0 Å². The maximum Gasteiger partial charge on any atom is 0.305 e. The molecular weight excluding hydrogens is 224 g/mol. The van der Waals surface area contributed by atoms with Gasteiger partial charge in [0.15, 0.2) is 0 Å². The van der Waals surface area contributed by atoms with Crippen LogP contribution in [0.15, 0.2) is 0 Å². The molecule has 1 saturated heterocycles. The fourth-order valence-corrected chi connectivity index (χ4v) is 1.84. The van der Waals surface area contributed by atoms with Gasteiger partial charge in [-0.1, -0.05) is 13.8 Å². The zero-order valence-corrected chi connectivity index (χ0v) is 10.1. The molecular formula is C11H20N2O4. The molecule has 0 bridgehead atoms. The Morgan fingerprint density at radius 3 is 2.53 bits per heavy atom. The second kappa shape index (κ2) is 5.97. The zero-order valence-electron chi connectivity index (χ0n) is 10.1. The minimum Gasteiger partial charge on any atom is -0.481 e. The van der Waals surface area contributed by atoms with E-state index in [9.17, 15) is 14.7 Å². The third kappa shape index (κ3) is 4.32. The molecule has 17 heavy (non-hydrogen) atoms. The Balaban J connectivity index is 2.49. The summed E-state index contributed by atoms with van der Waals surface area (Å²) in [4.78, 5) is 22.5. The highest BCUT2D eigenvalue weighted by molar-refractivity contribution is 5.83.